The van der Waals surface area contributed by atoms with Crippen molar-refractivity contribution in [3.63, 3.8) is 0 Å². The predicted molar refractivity (Wildman–Crippen MR) is 75.7 cm³/mol. The lowest BCUT2D eigenvalue weighted by atomic mass is 10.00. The highest BCUT2D eigenvalue weighted by molar-refractivity contribution is 5.83. The lowest BCUT2D eigenvalue weighted by Crippen LogP contribution is -2.45. The van der Waals surface area contributed by atoms with E-state index in [0.717, 1.165) is 32.4 Å². The number of benzene rings is 1. The molecule has 1 N–H and O–H groups in total. The van der Waals surface area contributed by atoms with Crippen LogP contribution in [0.2, 0.25) is 0 Å². The van der Waals surface area contributed by atoms with Crippen LogP contribution in [0.3, 0.4) is 0 Å². The average molecular weight is 258 g/mol. The van der Waals surface area contributed by atoms with Gasteiger partial charge in [0, 0.05) is 6.54 Å². The summed E-state index contributed by atoms with van der Waals surface area (Å²) in [7, 11) is 0. The van der Waals surface area contributed by atoms with Gasteiger partial charge in [-0.05, 0) is 37.3 Å². The first-order valence-corrected chi connectivity index (χ1v) is 7.36. The lowest BCUT2D eigenvalue weighted by molar-refractivity contribution is -0.134. The van der Waals surface area contributed by atoms with Gasteiger partial charge >= 0.3 is 0 Å². The van der Waals surface area contributed by atoms with Crippen molar-refractivity contribution in [2.75, 3.05) is 13.1 Å². The van der Waals surface area contributed by atoms with Crippen LogP contribution in [0.15, 0.2) is 30.3 Å². The quantitative estimate of drug-likeness (QED) is 0.883. The molecule has 19 heavy (non-hydrogen) atoms. The topological polar surface area (TPSA) is 32.3 Å². The molecule has 0 saturated carbocycles. The summed E-state index contributed by atoms with van der Waals surface area (Å²) in [6.45, 7) is 4.06. The molecule has 0 radical (unpaired) electrons. The number of carbonyl (C=O) groups is 1. The van der Waals surface area contributed by atoms with Crippen molar-refractivity contribution in [1.29, 1.82) is 0 Å². The third kappa shape index (κ3) is 2.39. The van der Waals surface area contributed by atoms with Crippen LogP contribution in [-0.2, 0) is 4.79 Å². The molecule has 2 fully saturated rings. The van der Waals surface area contributed by atoms with E-state index in [1.165, 1.54) is 5.56 Å². The maximum atomic E-state index is 12.7. The summed E-state index contributed by atoms with van der Waals surface area (Å²) in [5, 5.41) is 3.36. The largest absolute Gasteiger partial charge is 0.334 e. The van der Waals surface area contributed by atoms with E-state index in [9.17, 15) is 4.79 Å². The molecule has 2 aliphatic rings. The number of carbonyl (C=O) groups excluding carboxylic acids is 1. The van der Waals surface area contributed by atoms with E-state index in [4.69, 9.17) is 0 Å². The minimum Gasteiger partial charge on any atom is -0.334 e. The predicted octanol–water partition coefficient (Wildman–Crippen LogP) is 2.35. The maximum Gasteiger partial charge on any atom is 0.240 e. The zero-order valence-electron chi connectivity index (χ0n) is 11.5. The first-order chi connectivity index (χ1) is 9.27. The number of nitrogens with zero attached hydrogens (tertiary/aromatic N) is 1. The summed E-state index contributed by atoms with van der Waals surface area (Å²) in [6, 6.07) is 10.8. The van der Waals surface area contributed by atoms with Crippen LogP contribution in [0, 0.1) is 5.92 Å². The van der Waals surface area contributed by atoms with Crippen LogP contribution in [-0.4, -0.2) is 29.9 Å². The first kappa shape index (κ1) is 12.7. The molecule has 3 atom stereocenters. The summed E-state index contributed by atoms with van der Waals surface area (Å²) in [6.07, 6.45) is 3.32. The van der Waals surface area contributed by atoms with Crippen molar-refractivity contribution >= 4 is 5.91 Å². The monoisotopic (exact) mass is 258 g/mol. The van der Waals surface area contributed by atoms with E-state index < -0.39 is 0 Å². The summed E-state index contributed by atoms with van der Waals surface area (Å²) in [5.74, 6) is 0.765. The van der Waals surface area contributed by atoms with E-state index in [0.29, 0.717) is 11.8 Å². The van der Waals surface area contributed by atoms with Crippen LogP contribution < -0.4 is 5.32 Å². The molecule has 0 spiro atoms. The molecule has 2 saturated heterocycles. The fraction of sp³-hybridized carbons (Fsp3) is 0.562. The smallest absolute Gasteiger partial charge is 0.240 e. The Kier molecular flexibility index (Phi) is 3.56. The molecule has 1 aromatic rings. The molecule has 3 rings (SSSR count). The Morgan fingerprint density at radius 2 is 2.05 bits per heavy atom. The Labute approximate surface area is 115 Å². The second-order valence-corrected chi connectivity index (χ2v) is 5.80. The molecule has 3 nitrogen and oxygen atoms in total. The number of rotatable bonds is 2. The van der Waals surface area contributed by atoms with E-state index >= 15 is 0 Å². The number of hydrogen-bond acceptors (Lipinski definition) is 2. The standard InChI is InChI=1S/C16H22N2O/c1-12-9-10-17-15(12)16(19)18-11-5-8-14(18)13-6-3-2-4-7-13/h2-4,6-7,12,14-15,17H,5,8-11H2,1H3. The fourth-order valence-corrected chi connectivity index (χ4v) is 3.40. The second kappa shape index (κ2) is 5.33. The van der Waals surface area contributed by atoms with Gasteiger partial charge in [-0.25, -0.2) is 0 Å². The summed E-state index contributed by atoms with van der Waals surface area (Å²) in [5.41, 5.74) is 1.28. The Hall–Kier alpha value is -1.35. The lowest BCUT2D eigenvalue weighted by Gasteiger charge is -2.29. The molecule has 102 valence electrons. The number of nitrogens with one attached hydrogen (secondary N) is 1. The molecule has 0 bridgehead atoms. The molecule has 1 aromatic carbocycles. The fourth-order valence-electron chi connectivity index (χ4n) is 3.40. The van der Waals surface area contributed by atoms with Crippen molar-refractivity contribution in [3.05, 3.63) is 35.9 Å². The highest BCUT2D eigenvalue weighted by Gasteiger charge is 2.37. The van der Waals surface area contributed by atoms with Gasteiger partial charge in [0.2, 0.25) is 5.91 Å². The molecular weight excluding hydrogens is 236 g/mol. The van der Waals surface area contributed by atoms with Crippen LogP contribution in [0.4, 0.5) is 0 Å². The molecule has 2 heterocycles. The highest BCUT2D eigenvalue weighted by atomic mass is 16.2. The van der Waals surface area contributed by atoms with Crippen molar-refractivity contribution in [1.82, 2.24) is 10.2 Å². The van der Waals surface area contributed by atoms with E-state index in [2.05, 4.69) is 41.4 Å². The van der Waals surface area contributed by atoms with Crippen LogP contribution in [0.5, 0.6) is 0 Å². The molecule has 3 heteroatoms. The van der Waals surface area contributed by atoms with Crippen LogP contribution >= 0.6 is 0 Å². The average Bonchev–Trinajstić information content (AvgIpc) is 3.07. The van der Waals surface area contributed by atoms with Gasteiger partial charge in [-0.15, -0.1) is 0 Å². The van der Waals surface area contributed by atoms with Crippen molar-refractivity contribution < 1.29 is 4.79 Å². The molecule has 2 aliphatic heterocycles. The number of hydrogen-bond donors (Lipinski definition) is 1. The number of amides is 1. The van der Waals surface area contributed by atoms with Crippen molar-refractivity contribution in [3.8, 4) is 0 Å². The molecule has 3 unspecified atom stereocenters. The van der Waals surface area contributed by atoms with Gasteiger partial charge in [0.05, 0.1) is 12.1 Å². The molecule has 1 amide bonds. The first-order valence-electron chi connectivity index (χ1n) is 7.36. The summed E-state index contributed by atoms with van der Waals surface area (Å²) >= 11 is 0. The molecule has 0 aliphatic carbocycles. The van der Waals surface area contributed by atoms with Gasteiger partial charge < -0.3 is 10.2 Å². The summed E-state index contributed by atoms with van der Waals surface area (Å²) < 4.78 is 0. The third-order valence-electron chi connectivity index (χ3n) is 4.52. The Morgan fingerprint density at radius 1 is 1.26 bits per heavy atom. The Morgan fingerprint density at radius 3 is 2.74 bits per heavy atom. The molecule has 0 aromatic heterocycles. The van der Waals surface area contributed by atoms with Gasteiger partial charge in [0.1, 0.15) is 0 Å². The summed E-state index contributed by atoms with van der Waals surface area (Å²) in [4.78, 5) is 14.8. The molecular formula is C16H22N2O. The Balaban J connectivity index is 1.78. The van der Waals surface area contributed by atoms with Crippen LogP contribution in [0.1, 0.15) is 37.8 Å². The van der Waals surface area contributed by atoms with Gasteiger partial charge in [-0.2, -0.15) is 0 Å². The van der Waals surface area contributed by atoms with E-state index in [1.807, 2.05) is 6.07 Å². The third-order valence-corrected chi connectivity index (χ3v) is 4.52. The highest BCUT2D eigenvalue weighted by Crippen LogP contribution is 2.33. The van der Waals surface area contributed by atoms with E-state index in [1.54, 1.807) is 0 Å². The van der Waals surface area contributed by atoms with Gasteiger partial charge in [-0.3, -0.25) is 4.79 Å². The normalized spacial score (nSPS) is 30.8. The minimum atomic E-state index is 0.0318. The van der Waals surface area contributed by atoms with Gasteiger partial charge in [0.15, 0.2) is 0 Å². The van der Waals surface area contributed by atoms with Gasteiger partial charge in [0.25, 0.3) is 0 Å². The number of likely N-dealkylation sites (tertiary alicyclic amines) is 1. The SMILES string of the molecule is CC1CCNC1C(=O)N1CCCC1c1ccccc1. The zero-order valence-corrected chi connectivity index (χ0v) is 11.5. The van der Waals surface area contributed by atoms with Crippen molar-refractivity contribution in [2.24, 2.45) is 5.92 Å². The second-order valence-electron chi connectivity index (χ2n) is 5.80. The van der Waals surface area contributed by atoms with Gasteiger partial charge in [-0.1, -0.05) is 37.3 Å². The zero-order chi connectivity index (χ0) is 13.2. The van der Waals surface area contributed by atoms with Crippen molar-refractivity contribution in [2.45, 2.75) is 38.3 Å². The Bertz CT molecular complexity index is 445. The van der Waals surface area contributed by atoms with E-state index in [-0.39, 0.29) is 12.1 Å². The maximum absolute atomic E-state index is 12.7. The minimum absolute atomic E-state index is 0.0318. The van der Waals surface area contributed by atoms with Crippen LogP contribution in [0.25, 0.3) is 0 Å².